The first-order chi connectivity index (χ1) is 13.9. The number of hydrogen-bond acceptors (Lipinski definition) is 8. The van der Waals surface area contributed by atoms with Crippen LogP contribution in [-0.4, -0.2) is 26.6 Å². The van der Waals surface area contributed by atoms with Gasteiger partial charge in [0, 0.05) is 39.6 Å². The van der Waals surface area contributed by atoms with Crippen molar-refractivity contribution in [1.29, 1.82) is 0 Å². The van der Waals surface area contributed by atoms with Crippen molar-refractivity contribution >= 4 is 40.7 Å². The summed E-state index contributed by atoms with van der Waals surface area (Å²) in [4.78, 5) is 10.8. The summed E-state index contributed by atoms with van der Waals surface area (Å²) in [5.41, 5.74) is 1.84. The summed E-state index contributed by atoms with van der Waals surface area (Å²) in [5.74, 6) is 7.44. The van der Waals surface area contributed by atoms with Crippen LogP contribution in [0, 0.1) is 10.1 Å². The largest absolute Gasteiger partial charge is 0.467 e. The van der Waals surface area contributed by atoms with Gasteiger partial charge in [-0.1, -0.05) is 35.0 Å². The number of aromatic nitrogens is 3. The molecule has 150 valence electrons. The number of non-ortho nitro benzene ring substituents is 1. The number of nitro benzene ring substituents is 1. The number of fused-ring (bicyclic) bond motifs is 1. The molecule has 2 N–H and O–H groups in total. The van der Waals surface area contributed by atoms with Crippen LogP contribution in [0.3, 0.4) is 0 Å². The molecule has 1 aliphatic rings. The minimum atomic E-state index is -0.449. The number of ether oxygens (including phenoxy) is 2. The molecule has 0 radical (unpaired) electrons. The SMILES string of the molecule is Nn1c(SCc2cc([N+](=O)[O-])cc3c2OCOC3)nnc1-c1ccc(Cl)cc1Cl. The average molecular weight is 454 g/mol. The quantitative estimate of drug-likeness (QED) is 0.266. The molecule has 0 bridgehead atoms. The Bertz CT molecular complexity index is 1110. The van der Waals surface area contributed by atoms with E-state index in [1.807, 2.05) is 0 Å². The predicted octanol–water partition coefficient (Wildman–Crippen LogP) is 4.03. The van der Waals surface area contributed by atoms with Gasteiger partial charge in [-0.15, -0.1) is 10.2 Å². The molecule has 12 heteroatoms. The number of nitro groups is 1. The van der Waals surface area contributed by atoms with E-state index in [2.05, 4.69) is 10.2 Å². The van der Waals surface area contributed by atoms with Gasteiger partial charge in [-0.2, -0.15) is 0 Å². The van der Waals surface area contributed by atoms with Crippen molar-refractivity contribution < 1.29 is 14.4 Å². The molecule has 2 heterocycles. The smallest absolute Gasteiger partial charge is 0.270 e. The topological polar surface area (TPSA) is 118 Å². The van der Waals surface area contributed by atoms with Crippen LogP contribution in [0.25, 0.3) is 11.4 Å². The molecule has 1 aromatic heterocycles. The number of halogens is 2. The van der Waals surface area contributed by atoms with Crippen LogP contribution < -0.4 is 10.6 Å². The third kappa shape index (κ3) is 3.97. The van der Waals surface area contributed by atoms with Crippen LogP contribution in [0.15, 0.2) is 35.5 Å². The first kappa shape index (κ1) is 19.8. The number of rotatable bonds is 5. The Morgan fingerprint density at radius 3 is 2.86 bits per heavy atom. The minimum Gasteiger partial charge on any atom is -0.467 e. The number of nitrogens with zero attached hydrogens (tertiary/aromatic N) is 4. The summed E-state index contributed by atoms with van der Waals surface area (Å²) in [5, 5.41) is 20.7. The number of hydrogen-bond donors (Lipinski definition) is 1. The van der Waals surface area contributed by atoms with E-state index in [1.165, 1.54) is 28.6 Å². The molecule has 0 atom stereocenters. The van der Waals surface area contributed by atoms with Gasteiger partial charge in [0.25, 0.3) is 5.69 Å². The van der Waals surface area contributed by atoms with Gasteiger partial charge in [0.05, 0.1) is 16.6 Å². The molecule has 0 unspecified atom stereocenters. The zero-order chi connectivity index (χ0) is 20.5. The van der Waals surface area contributed by atoms with Crippen LogP contribution in [0.4, 0.5) is 5.69 Å². The lowest BCUT2D eigenvalue weighted by atomic mass is 10.1. The highest BCUT2D eigenvalue weighted by atomic mass is 35.5. The molecule has 0 saturated heterocycles. The average Bonchev–Trinajstić information content (AvgIpc) is 3.06. The maximum absolute atomic E-state index is 11.2. The molecule has 0 saturated carbocycles. The third-order valence-corrected chi connectivity index (χ3v) is 5.72. The highest BCUT2D eigenvalue weighted by molar-refractivity contribution is 7.98. The van der Waals surface area contributed by atoms with E-state index in [1.54, 1.807) is 18.2 Å². The second-order valence-electron chi connectivity index (χ2n) is 6.05. The first-order valence-electron chi connectivity index (χ1n) is 8.23. The Kier molecular flexibility index (Phi) is 5.50. The molecule has 29 heavy (non-hydrogen) atoms. The van der Waals surface area contributed by atoms with E-state index in [9.17, 15) is 10.1 Å². The van der Waals surface area contributed by atoms with Crippen molar-refractivity contribution in [3.05, 3.63) is 61.6 Å². The van der Waals surface area contributed by atoms with Crippen LogP contribution in [0.1, 0.15) is 11.1 Å². The van der Waals surface area contributed by atoms with Gasteiger partial charge >= 0.3 is 0 Å². The monoisotopic (exact) mass is 453 g/mol. The van der Waals surface area contributed by atoms with Gasteiger partial charge in [0.1, 0.15) is 5.75 Å². The lowest BCUT2D eigenvalue weighted by Crippen LogP contribution is -2.14. The molecule has 0 amide bonds. The van der Waals surface area contributed by atoms with Gasteiger partial charge in [-0.05, 0) is 18.2 Å². The highest BCUT2D eigenvalue weighted by Gasteiger charge is 2.22. The number of thioether (sulfide) groups is 1. The fourth-order valence-corrected chi connectivity index (χ4v) is 4.18. The van der Waals surface area contributed by atoms with E-state index >= 15 is 0 Å². The molecule has 4 rings (SSSR count). The Hall–Kier alpha value is -2.53. The van der Waals surface area contributed by atoms with Crippen LogP contribution in [0.5, 0.6) is 5.75 Å². The van der Waals surface area contributed by atoms with Gasteiger partial charge in [0.2, 0.25) is 5.16 Å². The van der Waals surface area contributed by atoms with Crippen LogP contribution >= 0.6 is 35.0 Å². The molecular formula is C17H13Cl2N5O4S. The van der Waals surface area contributed by atoms with Gasteiger partial charge in [0.15, 0.2) is 12.6 Å². The number of nitrogens with two attached hydrogens (primary N) is 1. The van der Waals surface area contributed by atoms with Crippen molar-refractivity contribution in [1.82, 2.24) is 14.9 Å². The number of nitrogen functional groups attached to an aromatic ring is 1. The van der Waals surface area contributed by atoms with Crippen molar-refractivity contribution in [2.24, 2.45) is 0 Å². The van der Waals surface area contributed by atoms with E-state index < -0.39 is 4.92 Å². The maximum Gasteiger partial charge on any atom is 0.270 e. The molecule has 3 aromatic rings. The molecule has 9 nitrogen and oxygen atoms in total. The Balaban J connectivity index is 1.61. The van der Waals surface area contributed by atoms with Crippen molar-refractivity contribution in [2.75, 3.05) is 12.6 Å². The third-order valence-electron chi connectivity index (χ3n) is 4.18. The predicted molar refractivity (Wildman–Crippen MR) is 109 cm³/mol. The van der Waals surface area contributed by atoms with Crippen molar-refractivity contribution in [3.63, 3.8) is 0 Å². The zero-order valence-electron chi connectivity index (χ0n) is 14.7. The molecule has 0 fully saturated rings. The van der Waals surface area contributed by atoms with E-state index in [-0.39, 0.29) is 19.1 Å². The second-order valence-corrected chi connectivity index (χ2v) is 7.84. The fraction of sp³-hybridized carbons (Fsp3) is 0.176. The standard InChI is InChI=1S/C17H13Cl2N5O4S/c18-11-1-2-13(14(19)5-11)16-21-22-17(23(16)20)29-7-10-4-12(24(25)26)3-9-6-27-8-28-15(9)10/h1-5H,6-8,20H2. The molecule has 0 aliphatic carbocycles. The Morgan fingerprint density at radius 1 is 1.28 bits per heavy atom. The van der Waals surface area contributed by atoms with E-state index in [0.717, 1.165) is 0 Å². The van der Waals surface area contributed by atoms with Gasteiger partial charge < -0.3 is 15.3 Å². The van der Waals surface area contributed by atoms with Gasteiger partial charge in [-0.3, -0.25) is 10.1 Å². The van der Waals surface area contributed by atoms with Gasteiger partial charge in [-0.25, -0.2) is 4.68 Å². The van der Waals surface area contributed by atoms with Crippen LogP contribution in [0.2, 0.25) is 10.0 Å². The normalized spacial score (nSPS) is 13.0. The summed E-state index contributed by atoms with van der Waals surface area (Å²) in [6.07, 6.45) is 0. The first-order valence-corrected chi connectivity index (χ1v) is 9.97. The van der Waals surface area contributed by atoms with Crippen LogP contribution in [-0.2, 0) is 17.1 Å². The fourth-order valence-electron chi connectivity index (χ4n) is 2.87. The lowest BCUT2D eigenvalue weighted by Gasteiger charge is -2.20. The van der Waals surface area contributed by atoms with E-state index in [0.29, 0.717) is 49.2 Å². The summed E-state index contributed by atoms with van der Waals surface area (Å²) < 4.78 is 12.1. The zero-order valence-corrected chi connectivity index (χ0v) is 17.0. The Morgan fingerprint density at radius 2 is 2.10 bits per heavy atom. The van der Waals surface area contributed by atoms with E-state index in [4.69, 9.17) is 38.5 Å². The summed E-state index contributed by atoms with van der Waals surface area (Å²) in [6, 6.07) is 7.91. The minimum absolute atomic E-state index is 0.0312. The lowest BCUT2D eigenvalue weighted by molar-refractivity contribution is -0.385. The summed E-state index contributed by atoms with van der Waals surface area (Å²) in [6.45, 7) is 0.343. The van der Waals surface area contributed by atoms with Crippen molar-refractivity contribution in [3.8, 4) is 17.1 Å². The second kappa shape index (κ2) is 8.07. The highest BCUT2D eigenvalue weighted by Crippen LogP contribution is 2.36. The Labute approximate surface area is 178 Å². The van der Waals surface area contributed by atoms with Crippen molar-refractivity contribution in [2.45, 2.75) is 17.5 Å². The maximum atomic E-state index is 11.2. The molecule has 1 aliphatic heterocycles. The molecule has 0 spiro atoms. The number of benzene rings is 2. The molecule has 2 aromatic carbocycles. The summed E-state index contributed by atoms with van der Waals surface area (Å²) in [7, 11) is 0. The summed E-state index contributed by atoms with van der Waals surface area (Å²) >= 11 is 13.4. The molecular weight excluding hydrogens is 441 g/mol.